The largest absolute Gasteiger partial charge is 0.692 e. The molecule has 21 heteroatoms. The number of non-ortho nitro benzene ring substituents is 3. The van der Waals surface area contributed by atoms with Gasteiger partial charge in [0, 0.05) is 30.3 Å². The van der Waals surface area contributed by atoms with E-state index >= 15 is 0 Å². The van der Waals surface area contributed by atoms with Crippen molar-refractivity contribution in [1.29, 1.82) is 0 Å². The zero-order chi connectivity index (χ0) is 42.8. The minimum Gasteiger partial charge on any atom is -0.692 e. The van der Waals surface area contributed by atoms with Crippen LogP contribution in [0.1, 0.15) is 16.7 Å². The molecule has 0 bridgehead atoms. The Morgan fingerprint density at radius 3 is 1.45 bits per heavy atom. The average molecular weight is 811 g/mol. The number of hydrogen-bond donors (Lipinski definition) is 0. The highest BCUT2D eigenvalue weighted by molar-refractivity contribution is 5.81. The van der Waals surface area contributed by atoms with Gasteiger partial charge in [-0.15, -0.1) is 14.5 Å². The molecule has 0 unspecified atom stereocenters. The maximum Gasteiger partial charge on any atom is 0.327 e. The molecule has 9 aromatic rings. The van der Waals surface area contributed by atoms with Crippen molar-refractivity contribution >= 4 is 50.2 Å². The molecule has 0 radical (unpaired) electrons. The molecule has 3 aromatic heterocycles. The number of hydrogen-bond acceptors (Lipinski definition) is 12. The van der Waals surface area contributed by atoms with Crippen LogP contribution in [0, 0.1) is 66.7 Å². The molecule has 0 fully saturated rings. The molecule has 60 heavy (non-hydrogen) atoms. The van der Waals surface area contributed by atoms with Gasteiger partial charge < -0.3 is 15.6 Å². The monoisotopic (exact) mass is 810 g/mol. The van der Waals surface area contributed by atoms with Gasteiger partial charge in [-0.25, -0.2) is 0 Å². The van der Waals surface area contributed by atoms with Crippen LogP contribution in [0.5, 0.6) is 0 Å². The van der Waals surface area contributed by atoms with Gasteiger partial charge in [-0.05, 0) is 77.1 Å². The Bertz CT molecular complexity index is 3100. The molecule has 0 aliphatic carbocycles. The highest BCUT2D eigenvalue weighted by Crippen LogP contribution is 2.23. The number of fused-ring (bicyclic) bond motifs is 3. The predicted molar refractivity (Wildman–Crippen MR) is 214 cm³/mol. The zero-order valence-corrected chi connectivity index (χ0v) is 31.7. The maximum atomic E-state index is 12.3. The van der Waals surface area contributed by atoms with E-state index in [-0.39, 0.29) is 39.1 Å². The molecule has 0 atom stereocenters. The van der Waals surface area contributed by atoms with Gasteiger partial charge in [0.25, 0.3) is 22.4 Å². The molecule has 9 rings (SSSR count). The average Bonchev–Trinajstić information content (AvgIpc) is 3.88. The second-order valence-electron chi connectivity index (χ2n) is 13.2. The Kier molecular flexibility index (Phi) is 10.5. The summed E-state index contributed by atoms with van der Waals surface area (Å²) < 4.78 is 0. The van der Waals surface area contributed by atoms with E-state index in [0.717, 1.165) is 21.5 Å². The third-order valence-corrected chi connectivity index (χ3v) is 9.12. The molecular weight excluding hydrogens is 781 g/mol. The van der Waals surface area contributed by atoms with Crippen molar-refractivity contribution < 1.29 is 29.3 Å². The van der Waals surface area contributed by atoms with Crippen LogP contribution in [0.15, 0.2) is 127 Å². The van der Waals surface area contributed by atoms with Gasteiger partial charge in [-0.1, -0.05) is 59.7 Å². The summed E-state index contributed by atoms with van der Waals surface area (Å²) in [7, 11) is 0. The molecule has 0 saturated heterocycles. The van der Waals surface area contributed by atoms with E-state index < -0.39 is 14.8 Å². The van der Waals surface area contributed by atoms with Gasteiger partial charge in [0.05, 0.1) is 42.2 Å². The van der Waals surface area contributed by atoms with Crippen LogP contribution >= 0.6 is 0 Å². The topological polar surface area (TPSA) is 264 Å². The van der Waals surface area contributed by atoms with Crippen LogP contribution < -0.4 is 14.5 Å². The van der Waals surface area contributed by atoms with Crippen molar-refractivity contribution in [2.75, 3.05) is 0 Å². The lowest BCUT2D eigenvalue weighted by Crippen LogP contribution is -2.37. The third kappa shape index (κ3) is 7.63. The molecule has 0 amide bonds. The van der Waals surface area contributed by atoms with Crippen molar-refractivity contribution in [3.05, 3.63) is 190 Å². The second-order valence-corrected chi connectivity index (χ2v) is 13.2. The lowest BCUT2D eigenvalue weighted by Gasteiger charge is -2.05. The van der Waals surface area contributed by atoms with E-state index in [1.165, 1.54) is 64.2 Å². The first-order chi connectivity index (χ1) is 28.7. The molecule has 6 aromatic carbocycles. The first kappa shape index (κ1) is 39.4. The number of para-hydroxylation sites is 1. The Labute approximate surface area is 336 Å². The zero-order valence-electron chi connectivity index (χ0n) is 31.7. The van der Waals surface area contributed by atoms with Crippen molar-refractivity contribution in [3.63, 3.8) is 0 Å². The Balaban J connectivity index is 0.000000136. The molecular formula is C39H30N12O9. The van der Waals surface area contributed by atoms with E-state index in [0.29, 0.717) is 42.6 Å². The highest BCUT2D eigenvalue weighted by atomic mass is 16.6. The molecule has 300 valence electrons. The Morgan fingerprint density at radius 1 is 0.483 bits per heavy atom. The second kappa shape index (κ2) is 15.9. The van der Waals surface area contributed by atoms with Gasteiger partial charge in [-0.3, -0.25) is 30.3 Å². The van der Waals surface area contributed by atoms with E-state index in [2.05, 4.69) is 15.3 Å². The molecule has 0 aliphatic rings. The van der Waals surface area contributed by atoms with Gasteiger partial charge in [-0.2, -0.15) is 0 Å². The summed E-state index contributed by atoms with van der Waals surface area (Å²) in [5.41, 5.74) is 5.75. The maximum absolute atomic E-state index is 12.3. The first-order valence-corrected chi connectivity index (χ1v) is 17.7. The number of rotatable bonds is 6. The van der Waals surface area contributed by atoms with Crippen LogP contribution in [0.4, 0.5) is 17.1 Å². The standard InChI is InChI=1S/3C13H10N4O3/c1-9-2-4-10(5-3-9)15-14-12-7-6-11(17(19)20)8-13(12)16(15)18;1-9-5-7-10(8-6-9)15-14-13-11(16(15)18)3-2-4-12(13)17(19)20;1-9-4-2-3-5-12(9)15-14-11-7-6-10(17(19)20)8-13(11)16(15)18/h3*2-8H,1H3. The summed E-state index contributed by atoms with van der Waals surface area (Å²) in [6.07, 6.45) is 0. The van der Waals surface area contributed by atoms with Crippen LogP contribution in [0.2, 0.25) is 0 Å². The smallest absolute Gasteiger partial charge is 0.327 e. The summed E-state index contributed by atoms with van der Waals surface area (Å²) in [6, 6.07) is 34.1. The summed E-state index contributed by atoms with van der Waals surface area (Å²) >= 11 is 0. The summed E-state index contributed by atoms with van der Waals surface area (Å²) in [4.78, 5) is 36.0. The lowest BCUT2D eigenvalue weighted by molar-refractivity contribution is -0.664. The van der Waals surface area contributed by atoms with Gasteiger partial charge >= 0.3 is 11.2 Å². The van der Waals surface area contributed by atoms with E-state index in [1.807, 2.05) is 57.2 Å². The predicted octanol–water partition coefficient (Wildman–Crippen LogP) is 5.63. The number of aryl methyl sites for hydroxylation is 3. The number of aromatic nitrogens is 9. The number of nitro groups is 3. The van der Waals surface area contributed by atoms with Gasteiger partial charge in [0.15, 0.2) is 0 Å². The van der Waals surface area contributed by atoms with Crippen molar-refractivity contribution in [1.82, 2.24) is 29.7 Å². The van der Waals surface area contributed by atoms with E-state index in [9.17, 15) is 46.0 Å². The van der Waals surface area contributed by atoms with Gasteiger partial charge in [0.1, 0.15) is 17.1 Å². The minimum absolute atomic E-state index is 0.0769. The third-order valence-electron chi connectivity index (χ3n) is 9.12. The quantitative estimate of drug-likeness (QED) is 0.0856. The lowest BCUT2D eigenvalue weighted by atomic mass is 10.2. The Morgan fingerprint density at radius 2 is 0.950 bits per heavy atom. The molecule has 0 aliphatic heterocycles. The molecule has 0 N–H and O–H groups in total. The summed E-state index contributed by atoms with van der Waals surface area (Å²) in [6.45, 7) is 5.74. The van der Waals surface area contributed by atoms with Crippen molar-refractivity contribution in [2.45, 2.75) is 20.8 Å². The first-order valence-electron chi connectivity index (χ1n) is 17.7. The van der Waals surface area contributed by atoms with Crippen LogP contribution in [0.25, 0.3) is 50.2 Å². The van der Waals surface area contributed by atoms with E-state index in [1.54, 1.807) is 36.4 Å². The molecule has 0 saturated carbocycles. The molecule has 3 heterocycles. The van der Waals surface area contributed by atoms with Crippen molar-refractivity contribution in [2.24, 2.45) is 0 Å². The number of nitro benzene ring substituents is 3. The molecule has 0 spiro atoms. The highest BCUT2D eigenvalue weighted by Gasteiger charge is 2.26. The normalized spacial score (nSPS) is 10.8. The summed E-state index contributed by atoms with van der Waals surface area (Å²) in [5, 5.41) is 81.5. The van der Waals surface area contributed by atoms with Gasteiger partial charge in [0.2, 0.25) is 16.6 Å². The fourth-order valence-electron chi connectivity index (χ4n) is 6.00. The summed E-state index contributed by atoms with van der Waals surface area (Å²) in [5.74, 6) is 0. The van der Waals surface area contributed by atoms with Crippen LogP contribution in [-0.4, -0.2) is 44.5 Å². The molecule has 21 nitrogen and oxygen atoms in total. The van der Waals surface area contributed by atoms with Crippen molar-refractivity contribution in [3.8, 4) is 17.1 Å². The van der Waals surface area contributed by atoms with Crippen LogP contribution in [0.3, 0.4) is 0 Å². The SMILES string of the molecule is Cc1ccc(-n2nc3c([N+](=O)[O-])cccc3[n+]2[O-])cc1.Cc1ccc(-n2nc3ccc([N+](=O)[O-])cc3[n+]2[O-])cc1.Cc1ccccc1-n1nc2ccc([N+](=O)[O-])cc2[n+]1[O-]. The number of benzene rings is 6. The fraction of sp³-hybridized carbons (Fsp3) is 0.0769. The fourth-order valence-corrected chi connectivity index (χ4v) is 6.00. The van der Waals surface area contributed by atoms with Crippen LogP contribution in [-0.2, 0) is 0 Å². The minimum atomic E-state index is -0.547. The Hall–Kier alpha value is -8.88. The van der Waals surface area contributed by atoms with E-state index in [4.69, 9.17) is 0 Å². The number of nitrogens with zero attached hydrogens (tertiary/aromatic N) is 12.